The molecule has 2 aromatic heterocycles. The summed E-state index contributed by atoms with van der Waals surface area (Å²) in [4.78, 5) is 15.6. The number of ether oxygens (including phenoxy) is 1. The lowest BCUT2D eigenvalue weighted by atomic mass is 9.95. The summed E-state index contributed by atoms with van der Waals surface area (Å²) in [6, 6.07) is 0.371. The number of imidazole rings is 1. The molecule has 3 atom stereocenters. The fourth-order valence-corrected chi connectivity index (χ4v) is 2.84. The van der Waals surface area contributed by atoms with Crippen molar-refractivity contribution in [3.63, 3.8) is 0 Å². The van der Waals surface area contributed by atoms with Gasteiger partial charge in [-0.1, -0.05) is 0 Å². The Morgan fingerprint density at radius 3 is 3.12 bits per heavy atom. The lowest BCUT2D eigenvalue weighted by molar-refractivity contribution is 0.102. The highest BCUT2D eigenvalue weighted by molar-refractivity contribution is 5.82. The Morgan fingerprint density at radius 1 is 1.29 bits per heavy atom. The number of nitrogens with zero attached hydrogens (tertiary/aromatic N) is 3. The van der Waals surface area contributed by atoms with Gasteiger partial charge >= 0.3 is 0 Å². The molecule has 2 aliphatic rings. The molecule has 0 aliphatic carbocycles. The molecule has 0 aromatic carbocycles. The third-order valence-electron chi connectivity index (χ3n) is 3.65. The van der Waals surface area contributed by atoms with Crippen molar-refractivity contribution in [2.45, 2.75) is 37.5 Å². The van der Waals surface area contributed by atoms with Crippen LogP contribution in [0.5, 0.6) is 0 Å². The molecule has 0 spiro atoms. The van der Waals surface area contributed by atoms with Crippen molar-refractivity contribution in [1.29, 1.82) is 0 Å². The SMILES string of the molecule is c1nc(NC2CC3CCC2O3)c2[nH]cnc2n1. The fraction of sp³-hybridized carbons (Fsp3) is 0.545. The summed E-state index contributed by atoms with van der Waals surface area (Å²) in [5.41, 5.74) is 1.57. The van der Waals surface area contributed by atoms with Gasteiger partial charge in [0.2, 0.25) is 0 Å². The van der Waals surface area contributed by atoms with Crippen molar-refractivity contribution in [1.82, 2.24) is 19.9 Å². The smallest absolute Gasteiger partial charge is 0.182 e. The van der Waals surface area contributed by atoms with Crippen LogP contribution in [0.4, 0.5) is 5.82 Å². The van der Waals surface area contributed by atoms with E-state index in [0.717, 1.165) is 24.2 Å². The average Bonchev–Trinajstić information content (AvgIpc) is 3.04. The Balaban J connectivity index is 1.65. The molecule has 6 heteroatoms. The first-order valence-electron chi connectivity index (χ1n) is 5.96. The molecular formula is C11H13N5O. The van der Waals surface area contributed by atoms with E-state index >= 15 is 0 Å². The van der Waals surface area contributed by atoms with Gasteiger partial charge in [0.1, 0.15) is 11.8 Å². The maximum atomic E-state index is 5.82. The molecule has 2 N–H and O–H groups in total. The summed E-state index contributed by atoms with van der Waals surface area (Å²) in [7, 11) is 0. The molecule has 3 unspecified atom stereocenters. The van der Waals surface area contributed by atoms with E-state index in [0.29, 0.717) is 23.9 Å². The van der Waals surface area contributed by atoms with Crippen LogP contribution in [0.2, 0.25) is 0 Å². The van der Waals surface area contributed by atoms with Crippen LogP contribution in [-0.4, -0.2) is 38.2 Å². The minimum Gasteiger partial charge on any atom is -0.373 e. The second-order valence-corrected chi connectivity index (χ2v) is 4.68. The van der Waals surface area contributed by atoms with Crippen LogP contribution in [0.25, 0.3) is 11.2 Å². The summed E-state index contributed by atoms with van der Waals surface area (Å²) in [6.07, 6.45) is 7.39. The van der Waals surface area contributed by atoms with Crippen molar-refractivity contribution in [2.24, 2.45) is 0 Å². The van der Waals surface area contributed by atoms with Crippen LogP contribution in [-0.2, 0) is 4.74 Å². The van der Waals surface area contributed by atoms with E-state index in [4.69, 9.17) is 4.74 Å². The Bertz CT molecular complexity index is 554. The summed E-state index contributed by atoms with van der Waals surface area (Å²) in [6.45, 7) is 0. The minimum absolute atomic E-state index is 0.341. The largest absolute Gasteiger partial charge is 0.373 e. The summed E-state index contributed by atoms with van der Waals surface area (Å²) in [5.74, 6) is 0.827. The molecule has 0 amide bonds. The Labute approximate surface area is 97.8 Å². The summed E-state index contributed by atoms with van der Waals surface area (Å²) in [5, 5.41) is 3.45. The van der Waals surface area contributed by atoms with Crippen LogP contribution in [0.1, 0.15) is 19.3 Å². The predicted octanol–water partition coefficient (Wildman–Crippen LogP) is 1.08. The average molecular weight is 231 g/mol. The van der Waals surface area contributed by atoms with E-state index in [1.165, 1.54) is 6.42 Å². The van der Waals surface area contributed by atoms with E-state index in [-0.39, 0.29) is 0 Å². The minimum atomic E-state index is 0.341. The van der Waals surface area contributed by atoms with Crippen LogP contribution in [0.15, 0.2) is 12.7 Å². The predicted molar refractivity (Wildman–Crippen MR) is 61.6 cm³/mol. The van der Waals surface area contributed by atoms with Crippen LogP contribution in [0.3, 0.4) is 0 Å². The Hall–Kier alpha value is -1.69. The first kappa shape index (κ1) is 9.35. The van der Waals surface area contributed by atoms with Crippen molar-refractivity contribution < 1.29 is 4.74 Å². The molecular weight excluding hydrogens is 218 g/mol. The molecule has 0 saturated carbocycles. The topological polar surface area (TPSA) is 75.7 Å². The summed E-state index contributed by atoms with van der Waals surface area (Å²) >= 11 is 0. The number of anilines is 1. The molecule has 2 bridgehead atoms. The first-order chi connectivity index (χ1) is 8.40. The highest BCUT2D eigenvalue weighted by Crippen LogP contribution is 2.36. The van der Waals surface area contributed by atoms with E-state index in [9.17, 15) is 0 Å². The highest BCUT2D eigenvalue weighted by atomic mass is 16.5. The second kappa shape index (κ2) is 3.40. The zero-order valence-corrected chi connectivity index (χ0v) is 9.26. The molecule has 2 aliphatic heterocycles. The van der Waals surface area contributed by atoms with Crippen LogP contribution in [0, 0.1) is 0 Å². The van der Waals surface area contributed by atoms with Crippen molar-refractivity contribution in [2.75, 3.05) is 5.32 Å². The number of aromatic nitrogens is 4. The number of hydrogen-bond donors (Lipinski definition) is 2. The van der Waals surface area contributed by atoms with Gasteiger partial charge in [-0.05, 0) is 19.3 Å². The van der Waals surface area contributed by atoms with Gasteiger partial charge in [0.15, 0.2) is 11.5 Å². The molecule has 2 aromatic rings. The number of rotatable bonds is 2. The maximum absolute atomic E-state index is 5.82. The Morgan fingerprint density at radius 2 is 2.29 bits per heavy atom. The highest BCUT2D eigenvalue weighted by Gasteiger charge is 2.41. The van der Waals surface area contributed by atoms with Gasteiger partial charge in [0.05, 0.1) is 24.6 Å². The molecule has 6 nitrogen and oxygen atoms in total. The number of fused-ring (bicyclic) bond motifs is 3. The van der Waals surface area contributed by atoms with Gasteiger partial charge in [-0.25, -0.2) is 15.0 Å². The second-order valence-electron chi connectivity index (χ2n) is 4.68. The Kier molecular flexibility index (Phi) is 1.87. The molecule has 88 valence electrons. The standard InChI is InChI=1S/C11H13N5O/c1-2-8-7(3-6(1)17-8)16-11-9-10(13-4-12-9)14-5-15-11/h4-8H,1-3H2,(H2,12,13,14,15,16). The molecule has 0 radical (unpaired) electrons. The lowest BCUT2D eigenvalue weighted by Crippen LogP contribution is -2.30. The fourth-order valence-electron chi connectivity index (χ4n) is 2.84. The van der Waals surface area contributed by atoms with E-state index in [1.54, 1.807) is 12.7 Å². The lowest BCUT2D eigenvalue weighted by Gasteiger charge is -2.20. The maximum Gasteiger partial charge on any atom is 0.182 e. The van der Waals surface area contributed by atoms with Crippen molar-refractivity contribution >= 4 is 17.0 Å². The van der Waals surface area contributed by atoms with E-state index in [2.05, 4.69) is 25.3 Å². The molecule has 4 rings (SSSR count). The zero-order chi connectivity index (χ0) is 11.2. The normalized spacial score (nSPS) is 31.2. The van der Waals surface area contributed by atoms with Gasteiger partial charge in [0.25, 0.3) is 0 Å². The summed E-state index contributed by atoms with van der Waals surface area (Å²) < 4.78 is 5.82. The first-order valence-corrected chi connectivity index (χ1v) is 5.96. The van der Waals surface area contributed by atoms with E-state index < -0.39 is 0 Å². The molecule has 4 heterocycles. The zero-order valence-electron chi connectivity index (χ0n) is 9.26. The van der Waals surface area contributed by atoms with E-state index in [1.807, 2.05) is 0 Å². The number of nitrogens with one attached hydrogen (secondary N) is 2. The van der Waals surface area contributed by atoms with Gasteiger partial charge in [0, 0.05) is 0 Å². The van der Waals surface area contributed by atoms with Crippen LogP contribution < -0.4 is 5.32 Å². The number of aromatic amines is 1. The van der Waals surface area contributed by atoms with Gasteiger partial charge in [-0.3, -0.25) is 0 Å². The monoisotopic (exact) mass is 231 g/mol. The van der Waals surface area contributed by atoms with Gasteiger partial charge < -0.3 is 15.0 Å². The quantitative estimate of drug-likeness (QED) is 0.809. The van der Waals surface area contributed by atoms with Gasteiger partial charge in [-0.15, -0.1) is 0 Å². The van der Waals surface area contributed by atoms with Crippen LogP contribution >= 0.6 is 0 Å². The van der Waals surface area contributed by atoms with Gasteiger partial charge in [-0.2, -0.15) is 0 Å². The molecule has 2 fully saturated rings. The number of H-pyrrole nitrogens is 1. The number of hydrogen-bond acceptors (Lipinski definition) is 5. The molecule has 2 saturated heterocycles. The van der Waals surface area contributed by atoms with Crippen molar-refractivity contribution in [3.05, 3.63) is 12.7 Å². The van der Waals surface area contributed by atoms with Crippen molar-refractivity contribution in [3.8, 4) is 0 Å². The third kappa shape index (κ3) is 1.40. The molecule has 17 heavy (non-hydrogen) atoms. The third-order valence-corrected chi connectivity index (χ3v) is 3.65.